The molecule has 0 radical (unpaired) electrons. The first-order valence-electron chi connectivity index (χ1n) is 5.04. The minimum atomic E-state index is -0.166. The molecule has 0 unspecified atom stereocenters. The van der Waals surface area contributed by atoms with E-state index in [0.29, 0.717) is 0 Å². The Balaban J connectivity index is 2.18. The van der Waals surface area contributed by atoms with E-state index in [1.165, 1.54) is 0 Å². The molecule has 2 atom stereocenters. The highest BCUT2D eigenvalue weighted by Crippen LogP contribution is 2.49. The Morgan fingerprint density at radius 1 is 1.38 bits per heavy atom. The van der Waals surface area contributed by atoms with E-state index in [4.69, 9.17) is 14.5 Å². The topological polar surface area (TPSA) is 27.7 Å². The summed E-state index contributed by atoms with van der Waals surface area (Å²) in [5.74, 6) is 0. The smallest absolute Gasteiger partial charge is 0.197 e. The number of hydrogen-bond acceptors (Lipinski definition) is 3. The second kappa shape index (κ2) is 2.94. The van der Waals surface area contributed by atoms with Crippen LogP contribution in [0.2, 0.25) is 0 Å². The summed E-state index contributed by atoms with van der Waals surface area (Å²) in [5, 5.41) is 0. The van der Waals surface area contributed by atoms with Crippen molar-refractivity contribution >= 4 is 0 Å². The van der Waals surface area contributed by atoms with Crippen molar-refractivity contribution in [1.29, 1.82) is 0 Å². The van der Waals surface area contributed by atoms with Crippen LogP contribution in [0.1, 0.15) is 40.0 Å². The Labute approximate surface area is 79.3 Å². The third-order valence-corrected chi connectivity index (χ3v) is 3.21. The fourth-order valence-corrected chi connectivity index (χ4v) is 2.49. The molecule has 2 heterocycles. The Bertz CT molecular complexity index is 202. The molecule has 0 aromatic heterocycles. The lowest BCUT2D eigenvalue weighted by Gasteiger charge is -2.43. The van der Waals surface area contributed by atoms with E-state index in [9.17, 15) is 0 Å². The fourth-order valence-electron chi connectivity index (χ4n) is 2.49. The molecule has 0 aromatic rings. The van der Waals surface area contributed by atoms with Gasteiger partial charge in [-0.05, 0) is 33.1 Å². The zero-order valence-corrected chi connectivity index (χ0v) is 8.63. The molecule has 2 rings (SSSR count). The van der Waals surface area contributed by atoms with Gasteiger partial charge in [-0.15, -0.1) is 0 Å². The highest BCUT2D eigenvalue weighted by Gasteiger charge is 2.52. The molecule has 3 nitrogen and oxygen atoms in total. The van der Waals surface area contributed by atoms with Crippen LogP contribution < -0.4 is 0 Å². The Morgan fingerprint density at radius 3 is 2.85 bits per heavy atom. The van der Waals surface area contributed by atoms with E-state index in [0.717, 1.165) is 25.9 Å². The van der Waals surface area contributed by atoms with E-state index in [1.807, 2.05) is 0 Å². The van der Waals surface area contributed by atoms with Crippen LogP contribution in [0.25, 0.3) is 0 Å². The molecule has 2 fully saturated rings. The van der Waals surface area contributed by atoms with Crippen LogP contribution in [-0.4, -0.2) is 18.5 Å². The van der Waals surface area contributed by atoms with Gasteiger partial charge in [0.05, 0.1) is 12.2 Å². The van der Waals surface area contributed by atoms with Crippen LogP contribution in [0.15, 0.2) is 0 Å². The molecular formula is C10H18O3. The SMILES string of the molecule is CC[C@@]12CCO[C@@H]1OOC(C)(C)C2. The zero-order chi connectivity index (χ0) is 9.53. The summed E-state index contributed by atoms with van der Waals surface area (Å²) < 4.78 is 5.50. The van der Waals surface area contributed by atoms with E-state index < -0.39 is 0 Å². The molecule has 2 aliphatic rings. The lowest BCUT2D eigenvalue weighted by Crippen LogP contribution is -2.47. The summed E-state index contributed by atoms with van der Waals surface area (Å²) in [6, 6.07) is 0. The van der Waals surface area contributed by atoms with Gasteiger partial charge in [-0.2, -0.15) is 0 Å². The van der Waals surface area contributed by atoms with Crippen LogP contribution in [-0.2, 0) is 14.5 Å². The fraction of sp³-hybridized carbons (Fsp3) is 1.00. The molecule has 0 bridgehead atoms. The van der Waals surface area contributed by atoms with Crippen LogP contribution in [0.3, 0.4) is 0 Å². The summed E-state index contributed by atoms with van der Waals surface area (Å²) in [7, 11) is 0. The second-order valence-corrected chi connectivity index (χ2v) is 4.78. The Kier molecular flexibility index (Phi) is 2.13. The average Bonchev–Trinajstić information content (AvgIpc) is 2.46. The normalized spacial score (nSPS) is 43.2. The van der Waals surface area contributed by atoms with E-state index >= 15 is 0 Å². The number of rotatable bonds is 1. The van der Waals surface area contributed by atoms with Crippen molar-refractivity contribution in [3.63, 3.8) is 0 Å². The van der Waals surface area contributed by atoms with E-state index in [-0.39, 0.29) is 17.3 Å². The van der Waals surface area contributed by atoms with Crippen molar-refractivity contribution in [1.82, 2.24) is 0 Å². The monoisotopic (exact) mass is 186 g/mol. The lowest BCUT2D eigenvalue weighted by molar-refractivity contribution is -0.460. The molecule has 0 aliphatic carbocycles. The van der Waals surface area contributed by atoms with Gasteiger partial charge in [-0.25, -0.2) is 9.78 Å². The van der Waals surface area contributed by atoms with E-state index in [1.54, 1.807) is 0 Å². The first kappa shape index (κ1) is 9.44. The van der Waals surface area contributed by atoms with Gasteiger partial charge in [0.25, 0.3) is 0 Å². The Hall–Kier alpha value is -0.120. The molecule has 76 valence electrons. The van der Waals surface area contributed by atoms with Crippen LogP contribution >= 0.6 is 0 Å². The molecule has 2 aliphatic heterocycles. The number of ether oxygens (including phenoxy) is 1. The third-order valence-electron chi connectivity index (χ3n) is 3.21. The summed E-state index contributed by atoms with van der Waals surface area (Å²) >= 11 is 0. The molecule has 0 saturated carbocycles. The van der Waals surface area contributed by atoms with Gasteiger partial charge in [0.1, 0.15) is 0 Å². The number of hydrogen-bond donors (Lipinski definition) is 0. The van der Waals surface area contributed by atoms with Crippen molar-refractivity contribution in [3.05, 3.63) is 0 Å². The van der Waals surface area contributed by atoms with Crippen molar-refractivity contribution in [2.24, 2.45) is 5.41 Å². The average molecular weight is 186 g/mol. The molecular weight excluding hydrogens is 168 g/mol. The predicted octanol–water partition coefficient (Wildman–Crippen LogP) is 2.26. The molecule has 0 amide bonds. The maximum atomic E-state index is 5.50. The van der Waals surface area contributed by atoms with Crippen LogP contribution in [0.5, 0.6) is 0 Å². The van der Waals surface area contributed by atoms with Gasteiger partial charge in [-0.3, -0.25) is 0 Å². The highest BCUT2D eigenvalue weighted by atomic mass is 17.2. The van der Waals surface area contributed by atoms with Gasteiger partial charge in [0, 0.05) is 5.41 Å². The van der Waals surface area contributed by atoms with Crippen molar-refractivity contribution < 1.29 is 14.5 Å². The predicted molar refractivity (Wildman–Crippen MR) is 47.9 cm³/mol. The van der Waals surface area contributed by atoms with Gasteiger partial charge in [-0.1, -0.05) is 6.92 Å². The molecule has 0 aromatic carbocycles. The summed E-state index contributed by atoms with van der Waals surface area (Å²) in [4.78, 5) is 10.6. The first-order valence-corrected chi connectivity index (χ1v) is 5.04. The van der Waals surface area contributed by atoms with E-state index in [2.05, 4.69) is 20.8 Å². The van der Waals surface area contributed by atoms with Crippen LogP contribution in [0.4, 0.5) is 0 Å². The minimum absolute atomic E-state index is 0.134. The summed E-state index contributed by atoms with van der Waals surface area (Å²) in [5.41, 5.74) is 0.0297. The maximum absolute atomic E-state index is 5.50. The van der Waals surface area contributed by atoms with Crippen molar-refractivity contribution in [3.8, 4) is 0 Å². The standard InChI is InChI=1S/C10H18O3/c1-4-10-5-6-11-8(10)12-13-9(2,3)7-10/h8H,4-7H2,1-3H3/t8-,10+/m1/s1. The quantitative estimate of drug-likeness (QED) is 0.588. The van der Waals surface area contributed by atoms with Crippen molar-refractivity contribution in [2.75, 3.05) is 6.61 Å². The molecule has 0 N–H and O–H groups in total. The van der Waals surface area contributed by atoms with Gasteiger partial charge < -0.3 is 4.74 Å². The molecule has 13 heavy (non-hydrogen) atoms. The van der Waals surface area contributed by atoms with Gasteiger partial charge >= 0.3 is 0 Å². The Morgan fingerprint density at radius 2 is 2.15 bits per heavy atom. The molecule has 3 heteroatoms. The zero-order valence-electron chi connectivity index (χ0n) is 8.63. The summed E-state index contributed by atoms with van der Waals surface area (Å²) in [6.07, 6.45) is 3.09. The van der Waals surface area contributed by atoms with Crippen LogP contribution in [0, 0.1) is 5.41 Å². The maximum Gasteiger partial charge on any atom is 0.197 e. The summed E-state index contributed by atoms with van der Waals surface area (Å²) in [6.45, 7) is 7.14. The highest BCUT2D eigenvalue weighted by molar-refractivity contribution is 4.93. The van der Waals surface area contributed by atoms with Gasteiger partial charge in [0.2, 0.25) is 0 Å². The lowest BCUT2D eigenvalue weighted by atomic mass is 9.74. The minimum Gasteiger partial charge on any atom is -0.349 e. The number of fused-ring (bicyclic) bond motifs is 1. The first-order chi connectivity index (χ1) is 6.08. The second-order valence-electron chi connectivity index (χ2n) is 4.78. The molecule has 2 saturated heterocycles. The molecule has 0 spiro atoms. The van der Waals surface area contributed by atoms with Crippen molar-refractivity contribution in [2.45, 2.75) is 51.9 Å². The largest absolute Gasteiger partial charge is 0.349 e. The van der Waals surface area contributed by atoms with Gasteiger partial charge in [0.15, 0.2) is 6.29 Å². The third kappa shape index (κ3) is 1.49.